The van der Waals surface area contributed by atoms with Crippen molar-refractivity contribution in [3.8, 4) is 0 Å². The summed E-state index contributed by atoms with van der Waals surface area (Å²) in [6, 6.07) is 3.83. The number of thioether (sulfide) groups is 1. The van der Waals surface area contributed by atoms with Gasteiger partial charge < -0.3 is 9.73 Å². The molecule has 86 valence electrons. The van der Waals surface area contributed by atoms with Crippen LogP contribution in [-0.4, -0.2) is 23.5 Å². The van der Waals surface area contributed by atoms with Gasteiger partial charge in [0.05, 0.1) is 11.6 Å². The predicted octanol–water partition coefficient (Wildman–Crippen LogP) is 3.38. The molecule has 2 aromatic rings. The van der Waals surface area contributed by atoms with Crippen LogP contribution in [0.4, 0.5) is 5.82 Å². The van der Waals surface area contributed by atoms with Crippen LogP contribution in [0.2, 0.25) is 0 Å². The lowest BCUT2D eigenvalue weighted by atomic mass is 10.3. The molecule has 0 aliphatic heterocycles. The topological polar surface area (TPSA) is 38.1 Å². The van der Waals surface area contributed by atoms with E-state index in [-0.39, 0.29) is 0 Å². The van der Waals surface area contributed by atoms with Crippen LogP contribution in [0.25, 0.3) is 11.0 Å². The normalized spacial score (nSPS) is 10.8. The highest BCUT2D eigenvalue weighted by Gasteiger charge is 2.03. The number of fused-ring (bicyclic) bond motifs is 1. The highest BCUT2D eigenvalue weighted by atomic mass is 32.2. The van der Waals surface area contributed by atoms with E-state index in [1.807, 2.05) is 23.9 Å². The van der Waals surface area contributed by atoms with E-state index in [2.05, 4.69) is 16.6 Å². The van der Waals surface area contributed by atoms with Gasteiger partial charge in [-0.2, -0.15) is 11.8 Å². The maximum absolute atomic E-state index is 5.32. The summed E-state index contributed by atoms with van der Waals surface area (Å²) in [6.45, 7) is 0.970. The van der Waals surface area contributed by atoms with Crippen LogP contribution in [0, 0.1) is 0 Å². The number of hydrogen-bond donors (Lipinski definition) is 1. The third-order valence-corrected chi connectivity index (χ3v) is 3.14. The molecule has 0 saturated carbocycles. The number of anilines is 1. The number of hydrogen-bond acceptors (Lipinski definition) is 4. The summed E-state index contributed by atoms with van der Waals surface area (Å²) in [5, 5.41) is 4.41. The molecular weight excluding hydrogens is 220 g/mol. The first-order valence-corrected chi connectivity index (χ1v) is 6.86. The predicted molar refractivity (Wildman–Crippen MR) is 70.1 cm³/mol. The van der Waals surface area contributed by atoms with Crippen molar-refractivity contribution in [2.75, 3.05) is 23.9 Å². The zero-order valence-corrected chi connectivity index (χ0v) is 10.2. The molecule has 0 bridgehead atoms. The summed E-state index contributed by atoms with van der Waals surface area (Å²) in [5.74, 6) is 2.15. The minimum atomic E-state index is 0.890. The molecule has 2 rings (SSSR count). The minimum absolute atomic E-state index is 0.890. The molecule has 1 N–H and O–H groups in total. The fraction of sp³-hybridized carbons (Fsp3) is 0.417. The highest BCUT2D eigenvalue weighted by Crippen LogP contribution is 2.21. The molecule has 2 aromatic heterocycles. The van der Waals surface area contributed by atoms with Gasteiger partial charge in [-0.05, 0) is 37.0 Å². The zero-order chi connectivity index (χ0) is 11.2. The third kappa shape index (κ3) is 2.70. The average molecular weight is 236 g/mol. The molecule has 0 fully saturated rings. The molecule has 2 heterocycles. The Morgan fingerprint density at radius 3 is 3.19 bits per heavy atom. The van der Waals surface area contributed by atoms with E-state index in [0.717, 1.165) is 23.3 Å². The summed E-state index contributed by atoms with van der Waals surface area (Å²) < 4.78 is 5.32. The first-order valence-electron chi connectivity index (χ1n) is 5.47. The molecule has 3 nitrogen and oxygen atoms in total. The Balaban J connectivity index is 1.91. The number of unbranched alkanes of at least 4 members (excludes halogenated alkanes) is 1. The molecule has 0 spiro atoms. The largest absolute Gasteiger partial charge is 0.464 e. The van der Waals surface area contributed by atoms with Crippen molar-refractivity contribution in [1.82, 2.24) is 4.98 Å². The molecule has 4 heteroatoms. The van der Waals surface area contributed by atoms with E-state index in [9.17, 15) is 0 Å². The van der Waals surface area contributed by atoms with E-state index in [1.165, 1.54) is 18.6 Å². The fourth-order valence-electron chi connectivity index (χ4n) is 1.61. The van der Waals surface area contributed by atoms with Crippen molar-refractivity contribution >= 4 is 28.5 Å². The number of furan rings is 1. The van der Waals surface area contributed by atoms with E-state index in [4.69, 9.17) is 4.42 Å². The summed E-state index contributed by atoms with van der Waals surface area (Å²) >= 11 is 1.89. The molecule has 0 amide bonds. The van der Waals surface area contributed by atoms with Crippen molar-refractivity contribution < 1.29 is 4.42 Å². The van der Waals surface area contributed by atoms with Gasteiger partial charge in [0.25, 0.3) is 0 Å². The van der Waals surface area contributed by atoms with E-state index < -0.39 is 0 Å². The van der Waals surface area contributed by atoms with Crippen LogP contribution < -0.4 is 5.32 Å². The number of pyridine rings is 1. The van der Waals surface area contributed by atoms with Crippen molar-refractivity contribution in [1.29, 1.82) is 0 Å². The third-order valence-electron chi connectivity index (χ3n) is 2.45. The maximum Gasteiger partial charge on any atom is 0.139 e. The van der Waals surface area contributed by atoms with E-state index >= 15 is 0 Å². The standard InChI is InChI=1S/C12H16N2OS/c1-16-9-3-2-6-13-12-10-5-8-15-11(10)4-7-14-12/h4-5,7-8H,2-3,6,9H2,1H3,(H,13,14). The molecule has 0 unspecified atom stereocenters. The highest BCUT2D eigenvalue weighted by molar-refractivity contribution is 7.98. The summed E-state index contributed by atoms with van der Waals surface area (Å²) in [7, 11) is 0. The minimum Gasteiger partial charge on any atom is -0.464 e. The molecular formula is C12H16N2OS. The van der Waals surface area contributed by atoms with Crippen LogP contribution in [0.5, 0.6) is 0 Å². The number of nitrogens with zero attached hydrogens (tertiary/aromatic N) is 1. The lowest BCUT2D eigenvalue weighted by molar-refractivity contribution is 0.615. The Labute approximate surface area is 99.6 Å². The Bertz CT molecular complexity index is 441. The van der Waals surface area contributed by atoms with Crippen LogP contribution in [-0.2, 0) is 0 Å². The number of nitrogens with one attached hydrogen (secondary N) is 1. The lowest BCUT2D eigenvalue weighted by Gasteiger charge is -2.05. The monoisotopic (exact) mass is 236 g/mol. The molecule has 0 aromatic carbocycles. The lowest BCUT2D eigenvalue weighted by Crippen LogP contribution is -2.03. The quantitative estimate of drug-likeness (QED) is 0.780. The van der Waals surface area contributed by atoms with Crippen molar-refractivity contribution in [2.24, 2.45) is 0 Å². The molecule has 0 aliphatic carbocycles. The van der Waals surface area contributed by atoms with Gasteiger partial charge in [-0.15, -0.1) is 0 Å². The van der Waals surface area contributed by atoms with Crippen LogP contribution in [0.1, 0.15) is 12.8 Å². The SMILES string of the molecule is CSCCCCNc1nccc2occc12. The van der Waals surface area contributed by atoms with Crippen LogP contribution >= 0.6 is 11.8 Å². The van der Waals surface area contributed by atoms with Crippen molar-refractivity contribution in [2.45, 2.75) is 12.8 Å². The van der Waals surface area contributed by atoms with Gasteiger partial charge in [-0.25, -0.2) is 4.98 Å². The second kappa shape index (κ2) is 5.80. The Kier molecular flexibility index (Phi) is 4.10. The fourth-order valence-corrected chi connectivity index (χ4v) is 2.11. The molecule has 0 aliphatic rings. The summed E-state index contributed by atoms with van der Waals surface area (Å²) in [5.41, 5.74) is 0.890. The van der Waals surface area contributed by atoms with Gasteiger partial charge in [0.1, 0.15) is 11.4 Å². The van der Waals surface area contributed by atoms with Gasteiger partial charge in [0.2, 0.25) is 0 Å². The second-order valence-corrected chi connectivity index (χ2v) is 4.60. The summed E-state index contributed by atoms with van der Waals surface area (Å²) in [6.07, 6.45) is 8.04. The number of rotatable bonds is 6. The summed E-state index contributed by atoms with van der Waals surface area (Å²) in [4.78, 5) is 4.32. The first kappa shape index (κ1) is 11.3. The van der Waals surface area contributed by atoms with Gasteiger partial charge in [0, 0.05) is 12.7 Å². The van der Waals surface area contributed by atoms with Crippen LogP contribution in [0.15, 0.2) is 29.0 Å². The van der Waals surface area contributed by atoms with Gasteiger partial charge in [-0.3, -0.25) is 0 Å². The smallest absolute Gasteiger partial charge is 0.139 e. The van der Waals surface area contributed by atoms with E-state index in [1.54, 1.807) is 12.5 Å². The molecule has 16 heavy (non-hydrogen) atoms. The van der Waals surface area contributed by atoms with Crippen LogP contribution in [0.3, 0.4) is 0 Å². The zero-order valence-electron chi connectivity index (χ0n) is 9.40. The van der Waals surface area contributed by atoms with Crippen molar-refractivity contribution in [3.05, 3.63) is 24.6 Å². The number of aromatic nitrogens is 1. The molecule has 0 radical (unpaired) electrons. The molecule has 0 saturated heterocycles. The van der Waals surface area contributed by atoms with Gasteiger partial charge >= 0.3 is 0 Å². The Morgan fingerprint density at radius 1 is 1.38 bits per heavy atom. The average Bonchev–Trinajstić information content (AvgIpc) is 2.77. The molecule has 0 atom stereocenters. The van der Waals surface area contributed by atoms with Crippen molar-refractivity contribution in [3.63, 3.8) is 0 Å². The first-order chi connectivity index (χ1) is 7.92. The van der Waals surface area contributed by atoms with E-state index in [0.29, 0.717) is 0 Å². The maximum atomic E-state index is 5.32. The van der Waals surface area contributed by atoms with Gasteiger partial charge in [-0.1, -0.05) is 0 Å². The Morgan fingerprint density at radius 2 is 2.31 bits per heavy atom. The second-order valence-electron chi connectivity index (χ2n) is 3.62. The van der Waals surface area contributed by atoms with Gasteiger partial charge in [0.15, 0.2) is 0 Å². The Hall–Kier alpha value is -1.16.